The van der Waals surface area contributed by atoms with E-state index in [4.69, 9.17) is 0 Å². The van der Waals surface area contributed by atoms with Gasteiger partial charge in [-0.3, -0.25) is 9.10 Å². The van der Waals surface area contributed by atoms with Gasteiger partial charge in [0.25, 0.3) is 0 Å². The molecule has 1 aliphatic rings. The van der Waals surface area contributed by atoms with Crippen LogP contribution in [-0.2, 0) is 14.8 Å². The molecule has 140 valence electrons. The summed E-state index contributed by atoms with van der Waals surface area (Å²) in [7, 11) is -3.57. The van der Waals surface area contributed by atoms with Gasteiger partial charge in [-0.25, -0.2) is 8.42 Å². The highest BCUT2D eigenvalue weighted by molar-refractivity contribution is 7.92. The van der Waals surface area contributed by atoms with Crippen molar-refractivity contribution in [3.05, 3.63) is 29.3 Å². The maximum absolute atomic E-state index is 12.7. The third-order valence-corrected chi connectivity index (χ3v) is 6.28. The molecule has 1 aliphatic carbocycles. The fourth-order valence-corrected chi connectivity index (χ4v) is 4.58. The van der Waals surface area contributed by atoms with Gasteiger partial charge in [-0.15, -0.1) is 0 Å². The number of carbonyl (C=O) groups is 1. The van der Waals surface area contributed by atoms with E-state index in [1.807, 2.05) is 26.0 Å². The van der Waals surface area contributed by atoms with E-state index in [0.29, 0.717) is 5.69 Å². The number of aryl methyl sites for hydroxylation is 2. The maximum atomic E-state index is 12.7. The summed E-state index contributed by atoms with van der Waals surface area (Å²) in [5.74, 6) is -0.226. The number of rotatable bonds is 5. The van der Waals surface area contributed by atoms with Gasteiger partial charge in [0.1, 0.15) is 6.04 Å². The number of amides is 1. The van der Waals surface area contributed by atoms with Crippen LogP contribution in [0.3, 0.4) is 0 Å². The Kier molecular flexibility index (Phi) is 6.49. The van der Waals surface area contributed by atoms with Gasteiger partial charge < -0.3 is 5.32 Å². The highest BCUT2D eigenvalue weighted by Crippen LogP contribution is 2.24. The lowest BCUT2D eigenvalue weighted by molar-refractivity contribution is -0.122. The summed E-state index contributed by atoms with van der Waals surface area (Å²) < 4.78 is 26.0. The highest BCUT2D eigenvalue weighted by Gasteiger charge is 2.30. The van der Waals surface area contributed by atoms with E-state index < -0.39 is 16.1 Å². The Balaban J connectivity index is 2.21. The maximum Gasteiger partial charge on any atom is 0.243 e. The van der Waals surface area contributed by atoms with Gasteiger partial charge in [0, 0.05) is 6.04 Å². The van der Waals surface area contributed by atoms with E-state index in [0.717, 1.165) is 43.1 Å². The number of anilines is 1. The molecule has 6 heteroatoms. The van der Waals surface area contributed by atoms with Crippen LogP contribution in [0.4, 0.5) is 5.69 Å². The van der Waals surface area contributed by atoms with Crippen LogP contribution in [0.5, 0.6) is 0 Å². The van der Waals surface area contributed by atoms with Gasteiger partial charge in [-0.05, 0) is 56.9 Å². The van der Waals surface area contributed by atoms with E-state index in [-0.39, 0.29) is 11.9 Å². The molecule has 0 heterocycles. The van der Waals surface area contributed by atoms with Crippen LogP contribution in [0.2, 0.25) is 0 Å². The molecule has 1 fully saturated rings. The fourth-order valence-electron chi connectivity index (χ4n) is 3.42. The Morgan fingerprint density at radius 1 is 1.12 bits per heavy atom. The summed E-state index contributed by atoms with van der Waals surface area (Å²) in [5, 5.41) is 3.06. The fraction of sp³-hybridized carbons (Fsp3) is 0.632. The number of carbonyl (C=O) groups excluding carboxylic acids is 1. The van der Waals surface area contributed by atoms with Crippen LogP contribution in [0, 0.1) is 13.8 Å². The Morgan fingerprint density at radius 3 is 2.24 bits per heavy atom. The predicted molar refractivity (Wildman–Crippen MR) is 102 cm³/mol. The van der Waals surface area contributed by atoms with Gasteiger partial charge in [-0.2, -0.15) is 0 Å². The van der Waals surface area contributed by atoms with Crippen molar-refractivity contribution < 1.29 is 13.2 Å². The SMILES string of the molecule is Cc1ccc(N([C@@H](C)C(=O)NC2CCCCCC2)S(C)(=O)=O)cc1C. The molecule has 0 spiro atoms. The molecular formula is C19H30N2O3S. The number of hydrogen-bond donors (Lipinski definition) is 1. The van der Waals surface area contributed by atoms with Crippen LogP contribution < -0.4 is 9.62 Å². The first-order valence-electron chi connectivity index (χ1n) is 9.07. The first kappa shape index (κ1) is 19.8. The molecule has 0 aromatic heterocycles. The minimum Gasteiger partial charge on any atom is -0.352 e. The molecule has 1 saturated carbocycles. The minimum absolute atomic E-state index is 0.151. The van der Waals surface area contributed by atoms with Crippen molar-refractivity contribution in [2.75, 3.05) is 10.6 Å². The quantitative estimate of drug-likeness (QED) is 0.813. The summed E-state index contributed by atoms with van der Waals surface area (Å²) >= 11 is 0. The van der Waals surface area contributed by atoms with Crippen LogP contribution >= 0.6 is 0 Å². The van der Waals surface area contributed by atoms with E-state index in [2.05, 4.69) is 5.32 Å². The Bertz CT molecular complexity index is 707. The average molecular weight is 367 g/mol. The average Bonchev–Trinajstić information content (AvgIpc) is 2.78. The van der Waals surface area contributed by atoms with Gasteiger partial charge in [0.05, 0.1) is 11.9 Å². The van der Waals surface area contributed by atoms with Crippen LogP contribution in [-0.4, -0.2) is 32.7 Å². The lowest BCUT2D eigenvalue weighted by Gasteiger charge is -2.30. The largest absolute Gasteiger partial charge is 0.352 e. The number of benzene rings is 1. The first-order valence-corrected chi connectivity index (χ1v) is 10.9. The van der Waals surface area contributed by atoms with Crippen molar-refractivity contribution in [2.24, 2.45) is 0 Å². The normalized spacial score (nSPS) is 17.6. The predicted octanol–water partition coefficient (Wildman–Crippen LogP) is 3.30. The highest BCUT2D eigenvalue weighted by atomic mass is 32.2. The number of hydrogen-bond acceptors (Lipinski definition) is 3. The van der Waals surface area contributed by atoms with Gasteiger partial charge in [0.2, 0.25) is 15.9 Å². The lowest BCUT2D eigenvalue weighted by atomic mass is 10.1. The molecule has 5 nitrogen and oxygen atoms in total. The number of sulfonamides is 1. The number of nitrogens with zero attached hydrogens (tertiary/aromatic N) is 1. The monoisotopic (exact) mass is 366 g/mol. The molecule has 1 amide bonds. The molecule has 0 radical (unpaired) electrons. The van der Waals surface area contributed by atoms with Gasteiger partial charge in [-0.1, -0.05) is 31.7 Å². The third kappa shape index (κ3) is 5.21. The summed E-state index contributed by atoms with van der Waals surface area (Å²) in [6.07, 6.45) is 7.75. The Labute approximate surface area is 151 Å². The van der Waals surface area contributed by atoms with Gasteiger partial charge in [0.15, 0.2) is 0 Å². The van der Waals surface area contributed by atoms with Crippen molar-refractivity contribution in [2.45, 2.75) is 71.4 Å². The molecular weight excluding hydrogens is 336 g/mol. The zero-order valence-electron chi connectivity index (χ0n) is 15.7. The van der Waals surface area contributed by atoms with Crippen molar-refractivity contribution >= 4 is 21.6 Å². The van der Waals surface area contributed by atoms with Crippen LogP contribution in [0.25, 0.3) is 0 Å². The van der Waals surface area contributed by atoms with E-state index in [9.17, 15) is 13.2 Å². The van der Waals surface area contributed by atoms with E-state index in [1.165, 1.54) is 17.1 Å². The van der Waals surface area contributed by atoms with Crippen molar-refractivity contribution in [1.82, 2.24) is 5.32 Å². The van der Waals surface area contributed by atoms with Gasteiger partial charge >= 0.3 is 0 Å². The minimum atomic E-state index is -3.57. The lowest BCUT2D eigenvalue weighted by Crippen LogP contribution is -2.50. The standard InChI is InChI=1S/C19H30N2O3S/c1-14-11-12-18(13-15(14)2)21(25(4,23)24)16(3)19(22)20-17-9-7-5-6-8-10-17/h11-13,16-17H,5-10H2,1-4H3,(H,20,22)/t16-/m0/s1. The second kappa shape index (κ2) is 8.21. The molecule has 25 heavy (non-hydrogen) atoms. The number of nitrogens with one attached hydrogen (secondary N) is 1. The summed E-state index contributed by atoms with van der Waals surface area (Å²) in [6, 6.07) is 4.85. The summed E-state index contributed by atoms with van der Waals surface area (Å²) in [5.41, 5.74) is 2.63. The Morgan fingerprint density at radius 2 is 1.72 bits per heavy atom. The molecule has 1 atom stereocenters. The van der Waals surface area contributed by atoms with Crippen molar-refractivity contribution in [3.8, 4) is 0 Å². The van der Waals surface area contributed by atoms with E-state index in [1.54, 1.807) is 13.0 Å². The molecule has 0 unspecified atom stereocenters. The van der Waals surface area contributed by atoms with E-state index >= 15 is 0 Å². The van der Waals surface area contributed by atoms with Crippen molar-refractivity contribution in [3.63, 3.8) is 0 Å². The third-order valence-electron chi connectivity index (χ3n) is 5.04. The van der Waals surface area contributed by atoms with Crippen LogP contribution in [0.15, 0.2) is 18.2 Å². The molecule has 0 aliphatic heterocycles. The Hall–Kier alpha value is -1.56. The molecule has 1 N–H and O–H groups in total. The topological polar surface area (TPSA) is 66.5 Å². The summed E-state index contributed by atoms with van der Waals surface area (Å²) in [6.45, 7) is 5.57. The molecule has 0 saturated heterocycles. The molecule has 0 bridgehead atoms. The smallest absolute Gasteiger partial charge is 0.243 e. The summed E-state index contributed by atoms with van der Waals surface area (Å²) in [4.78, 5) is 12.7. The first-order chi connectivity index (χ1) is 11.7. The van der Waals surface area contributed by atoms with Crippen LogP contribution in [0.1, 0.15) is 56.6 Å². The van der Waals surface area contributed by atoms with Crippen molar-refractivity contribution in [1.29, 1.82) is 0 Å². The second-order valence-electron chi connectivity index (χ2n) is 7.20. The molecule has 1 aromatic carbocycles. The molecule has 2 rings (SSSR count). The zero-order chi connectivity index (χ0) is 18.6. The zero-order valence-corrected chi connectivity index (χ0v) is 16.5. The molecule has 1 aromatic rings. The second-order valence-corrected chi connectivity index (χ2v) is 9.06.